The van der Waals surface area contributed by atoms with Gasteiger partial charge in [-0.2, -0.15) is 5.10 Å². The Bertz CT molecular complexity index is 341. The number of carbonyl (C=O) groups is 1. The molecule has 0 spiro atoms. The van der Waals surface area contributed by atoms with Crippen LogP contribution in [0.25, 0.3) is 0 Å². The fourth-order valence-electron chi connectivity index (χ4n) is 1.52. The number of hydrogen-bond acceptors (Lipinski definition) is 2. The van der Waals surface area contributed by atoms with E-state index in [4.69, 9.17) is 0 Å². The Morgan fingerprint density at radius 3 is 2.93 bits per heavy atom. The van der Waals surface area contributed by atoms with Gasteiger partial charge in [-0.25, -0.2) is 0 Å². The molecule has 4 nitrogen and oxygen atoms in total. The zero-order valence-electron chi connectivity index (χ0n) is 8.60. The summed E-state index contributed by atoms with van der Waals surface area (Å²) in [6, 6.07) is 1.94. The summed E-state index contributed by atoms with van der Waals surface area (Å²) in [5.74, 6) is 0.569. The summed E-state index contributed by atoms with van der Waals surface area (Å²) in [5.41, 5.74) is 1.07. The van der Waals surface area contributed by atoms with E-state index < -0.39 is 0 Å². The van der Waals surface area contributed by atoms with Crippen LogP contribution in [0, 0.1) is 5.92 Å². The molecule has 4 heteroatoms. The number of amides is 1. The van der Waals surface area contributed by atoms with E-state index in [2.05, 4.69) is 5.10 Å². The quantitative estimate of drug-likeness (QED) is 0.711. The standard InChI is InChI=1S/C10H15N3O/c1-12(10(14)8-3-4-8)7-9-5-6-11-13(9)2/h5-6,8H,3-4,7H2,1-2H3. The first kappa shape index (κ1) is 9.24. The lowest BCUT2D eigenvalue weighted by atomic mass is 10.3. The van der Waals surface area contributed by atoms with Gasteiger partial charge in [0.25, 0.3) is 0 Å². The van der Waals surface area contributed by atoms with Crippen LogP contribution in [-0.4, -0.2) is 27.6 Å². The van der Waals surface area contributed by atoms with Crippen LogP contribution >= 0.6 is 0 Å². The molecule has 0 radical (unpaired) electrons. The Kier molecular flexibility index (Phi) is 2.27. The summed E-state index contributed by atoms with van der Waals surface area (Å²) in [6.07, 6.45) is 3.88. The Morgan fingerprint density at radius 1 is 1.71 bits per heavy atom. The van der Waals surface area contributed by atoms with Gasteiger partial charge in [0.2, 0.25) is 5.91 Å². The highest BCUT2D eigenvalue weighted by molar-refractivity contribution is 5.80. The molecular formula is C10H15N3O. The number of nitrogens with zero attached hydrogens (tertiary/aromatic N) is 3. The Balaban J connectivity index is 1.96. The lowest BCUT2D eigenvalue weighted by Gasteiger charge is -2.16. The predicted octanol–water partition coefficient (Wildman–Crippen LogP) is 0.788. The molecule has 0 unspecified atom stereocenters. The van der Waals surface area contributed by atoms with Gasteiger partial charge in [-0.15, -0.1) is 0 Å². The van der Waals surface area contributed by atoms with Crippen LogP contribution in [0.3, 0.4) is 0 Å². The zero-order valence-corrected chi connectivity index (χ0v) is 8.60. The van der Waals surface area contributed by atoms with Crippen LogP contribution in [0.1, 0.15) is 18.5 Å². The van der Waals surface area contributed by atoms with Crippen LogP contribution in [0.15, 0.2) is 12.3 Å². The Morgan fingerprint density at radius 2 is 2.43 bits per heavy atom. The molecule has 1 amide bonds. The molecule has 1 aliphatic rings. The molecule has 1 aromatic heterocycles. The van der Waals surface area contributed by atoms with Gasteiger partial charge >= 0.3 is 0 Å². The average molecular weight is 193 g/mol. The van der Waals surface area contributed by atoms with E-state index in [0.29, 0.717) is 12.5 Å². The van der Waals surface area contributed by atoms with Crippen molar-refractivity contribution in [2.45, 2.75) is 19.4 Å². The summed E-state index contributed by atoms with van der Waals surface area (Å²) in [7, 11) is 3.75. The van der Waals surface area contributed by atoms with Gasteiger partial charge in [-0.1, -0.05) is 0 Å². The normalized spacial score (nSPS) is 15.6. The van der Waals surface area contributed by atoms with E-state index in [-0.39, 0.29) is 5.91 Å². The predicted molar refractivity (Wildman–Crippen MR) is 52.4 cm³/mol. The highest BCUT2D eigenvalue weighted by atomic mass is 16.2. The lowest BCUT2D eigenvalue weighted by molar-refractivity contribution is -0.131. The molecule has 1 fully saturated rings. The first-order valence-corrected chi connectivity index (χ1v) is 4.90. The molecule has 0 aromatic carbocycles. The van der Waals surface area contributed by atoms with Gasteiger partial charge < -0.3 is 4.90 Å². The molecule has 2 rings (SSSR count). The molecule has 0 atom stereocenters. The second-order valence-electron chi connectivity index (χ2n) is 3.91. The van der Waals surface area contributed by atoms with E-state index in [1.54, 1.807) is 15.8 Å². The van der Waals surface area contributed by atoms with E-state index in [1.807, 2.05) is 20.2 Å². The zero-order chi connectivity index (χ0) is 10.1. The van der Waals surface area contributed by atoms with Crippen molar-refractivity contribution in [1.82, 2.24) is 14.7 Å². The van der Waals surface area contributed by atoms with Crippen molar-refractivity contribution in [2.75, 3.05) is 7.05 Å². The van der Waals surface area contributed by atoms with Gasteiger partial charge in [0.1, 0.15) is 0 Å². The second-order valence-corrected chi connectivity index (χ2v) is 3.91. The van der Waals surface area contributed by atoms with Crippen molar-refractivity contribution in [3.8, 4) is 0 Å². The smallest absolute Gasteiger partial charge is 0.225 e. The molecule has 0 N–H and O–H groups in total. The second kappa shape index (κ2) is 3.44. The van der Waals surface area contributed by atoms with E-state index in [1.165, 1.54) is 0 Å². The van der Waals surface area contributed by atoms with Crippen molar-refractivity contribution in [3.05, 3.63) is 18.0 Å². The summed E-state index contributed by atoms with van der Waals surface area (Å²) < 4.78 is 1.80. The largest absolute Gasteiger partial charge is 0.340 e. The van der Waals surface area contributed by atoms with E-state index in [9.17, 15) is 4.79 Å². The fraction of sp³-hybridized carbons (Fsp3) is 0.600. The van der Waals surface area contributed by atoms with Gasteiger partial charge in [0.15, 0.2) is 0 Å². The molecule has 1 aromatic rings. The Labute approximate surface area is 83.5 Å². The van der Waals surface area contributed by atoms with Crippen LogP contribution in [0.4, 0.5) is 0 Å². The average Bonchev–Trinajstić information content (AvgIpc) is 2.92. The van der Waals surface area contributed by atoms with Crippen molar-refractivity contribution in [2.24, 2.45) is 13.0 Å². The first-order chi connectivity index (χ1) is 6.68. The lowest BCUT2D eigenvalue weighted by Crippen LogP contribution is -2.28. The molecule has 1 aliphatic carbocycles. The van der Waals surface area contributed by atoms with E-state index in [0.717, 1.165) is 18.5 Å². The highest BCUT2D eigenvalue weighted by Crippen LogP contribution is 2.30. The minimum Gasteiger partial charge on any atom is -0.340 e. The maximum atomic E-state index is 11.6. The fourth-order valence-corrected chi connectivity index (χ4v) is 1.52. The Hall–Kier alpha value is -1.32. The maximum absolute atomic E-state index is 11.6. The summed E-state index contributed by atoms with van der Waals surface area (Å²) >= 11 is 0. The third-order valence-corrected chi connectivity index (χ3v) is 2.62. The third-order valence-electron chi connectivity index (χ3n) is 2.62. The van der Waals surface area contributed by atoms with E-state index >= 15 is 0 Å². The van der Waals surface area contributed by atoms with Gasteiger partial charge in [-0.05, 0) is 18.9 Å². The number of aryl methyl sites for hydroxylation is 1. The number of hydrogen-bond donors (Lipinski definition) is 0. The minimum atomic E-state index is 0.270. The highest BCUT2D eigenvalue weighted by Gasteiger charge is 2.32. The van der Waals surface area contributed by atoms with Crippen LogP contribution < -0.4 is 0 Å². The van der Waals surface area contributed by atoms with Gasteiger partial charge in [0.05, 0.1) is 12.2 Å². The molecule has 14 heavy (non-hydrogen) atoms. The summed E-state index contributed by atoms with van der Waals surface area (Å²) in [4.78, 5) is 13.4. The van der Waals surface area contributed by atoms with Crippen molar-refractivity contribution in [3.63, 3.8) is 0 Å². The van der Waals surface area contributed by atoms with Gasteiger partial charge in [-0.3, -0.25) is 9.48 Å². The maximum Gasteiger partial charge on any atom is 0.225 e. The van der Waals surface area contributed by atoms with Crippen LogP contribution in [-0.2, 0) is 18.4 Å². The third kappa shape index (κ3) is 1.78. The molecule has 1 saturated carbocycles. The SMILES string of the molecule is CN(Cc1ccnn1C)C(=O)C1CC1. The molecular weight excluding hydrogens is 178 g/mol. The van der Waals surface area contributed by atoms with Crippen molar-refractivity contribution < 1.29 is 4.79 Å². The topological polar surface area (TPSA) is 38.1 Å². The van der Waals surface area contributed by atoms with Gasteiger partial charge in [0, 0.05) is 26.2 Å². The van der Waals surface area contributed by atoms with Crippen molar-refractivity contribution >= 4 is 5.91 Å². The summed E-state index contributed by atoms with van der Waals surface area (Å²) in [6.45, 7) is 0.659. The molecule has 0 saturated heterocycles. The summed E-state index contributed by atoms with van der Waals surface area (Å²) in [5, 5.41) is 4.07. The molecule has 0 aliphatic heterocycles. The molecule has 1 heterocycles. The molecule has 76 valence electrons. The molecule has 0 bridgehead atoms. The number of rotatable bonds is 3. The first-order valence-electron chi connectivity index (χ1n) is 4.90. The number of carbonyl (C=O) groups excluding carboxylic acids is 1. The van der Waals surface area contributed by atoms with Crippen LogP contribution in [0.5, 0.6) is 0 Å². The monoisotopic (exact) mass is 193 g/mol. The number of aromatic nitrogens is 2. The van der Waals surface area contributed by atoms with Crippen LogP contribution in [0.2, 0.25) is 0 Å². The minimum absolute atomic E-state index is 0.270. The van der Waals surface area contributed by atoms with Crippen molar-refractivity contribution in [1.29, 1.82) is 0 Å².